The zero-order valence-electron chi connectivity index (χ0n) is 13.8. The van der Waals surface area contributed by atoms with E-state index in [0.29, 0.717) is 5.69 Å². The Hall–Kier alpha value is -1.99. The molecule has 1 amide bonds. The highest BCUT2D eigenvalue weighted by Gasteiger charge is 2.34. The van der Waals surface area contributed by atoms with E-state index in [4.69, 9.17) is 47.0 Å². The summed E-state index contributed by atoms with van der Waals surface area (Å²) in [7, 11) is 0. The van der Waals surface area contributed by atoms with Crippen molar-refractivity contribution in [2.24, 2.45) is 0 Å². The predicted molar refractivity (Wildman–Crippen MR) is 115 cm³/mol. The van der Waals surface area contributed by atoms with Crippen LogP contribution in [0.5, 0.6) is 5.75 Å². The van der Waals surface area contributed by atoms with Crippen molar-refractivity contribution in [3.63, 3.8) is 0 Å². The molecule has 2 aromatic rings. The van der Waals surface area contributed by atoms with Gasteiger partial charge in [0, 0.05) is 6.08 Å². The summed E-state index contributed by atoms with van der Waals surface area (Å²) in [6, 6.07) is 15.8. The van der Waals surface area contributed by atoms with E-state index in [1.165, 1.54) is 12.1 Å². The molecule has 1 unspecified atom stereocenters. The Morgan fingerprint density at radius 3 is 2.30 bits per heavy atom. The van der Waals surface area contributed by atoms with Crippen molar-refractivity contribution in [1.82, 2.24) is 10.6 Å². The Kier molecular flexibility index (Phi) is 7.74. The molecule has 0 aliphatic heterocycles. The Morgan fingerprint density at radius 2 is 1.67 bits per heavy atom. The second-order valence-electron chi connectivity index (χ2n) is 5.34. The average molecular weight is 445 g/mol. The fourth-order valence-electron chi connectivity index (χ4n) is 2.00. The van der Waals surface area contributed by atoms with E-state index >= 15 is 0 Å². The van der Waals surface area contributed by atoms with Gasteiger partial charge in [-0.2, -0.15) is 0 Å². The van der Waals surface area contributed by atoms with Crippen LogP contribution in [0.25, 0.3) is 6.08 Å². The lowest BCUT2D eigenvalue weighted by Crippen LogP contribution is -2.55. The molecular weight excluding hydrogens is 429 g/mol. The van der Waals surface area contributed by atoms with Gasteiger partial charge in [-0.3, -0.25) is 4.79 Å². The third-order valence-electron chi connectivity index (χ3n) is 3.27. The quantitative estimate of drug-likeness (QED) is 0.183. The summed E-state index contributed by atoms with van der Waals surface area (Å²) in [6.45, 7) is 0. The lowest BCUT2D eigenvalue weighted by Gasteiger charge is -2.27. The lowest BCUT2D eigenvalue weighted by atomic mass is 10.2. The van der Waals surface area contributed by atoms with Gasteiger partial charge in [0.1, 0.15) is 11.9 Å². The molecule has 142 valence electrons. The lowest BCUT2D eigenvalue weighted by molar-refractivity contribution is -0.117. The van der Waals surface area contributed by atoms with Gasteiger partial charge in [-0.05, 0) is 36.0 Å². The Morgan fingerprint density at radius 1 is 1.04 bits per heavy atom. The van der Waals surface area contributed by atoms with Gasteiger partial charge >= 0.3 is 0 Å². The van der Waals surface area contributed by atoms with E-state index in [1.807, 2.05) is 30.3 Å². The molecule has 0 spiro atoms. The number of carbonyl (C=O) groups excluding carboxylic acids is 1. The number of phenolic OH excluding ortho intramolecular Hbond substituents is 1. The molecule has 0 aliphatic carbocycles. The highest BCUT2D eigenvalue weighted by atomic mass is 35.6. The van der Waals surface area contributed by atoms with Gasteiger partial charge < -0.3 is 21.1 Å². The van der Waals surface area contributed by atoms with E-state index < -0.39 is 15.9 Å². The van der Waals surface area contributed by atoms with Gasteiger partial charge in [-0.1, -0.05) is 77.3 Å². The van der Waals surface area contributed by atoms with Crippen LogP contribution in [0.2, 0.25) is 0 Å². The zero-order valence-corrected chi connectivity index (χ0v) is 16.9. The van der Waals surface area contributed by atoms with E-state index in [0.717, 1.165) is 5.56 Å². The second kappa shape index (κ2) is 9.80. The molecule has 5 nitrogen and oxygen atoms in total. The van der Waals surface area contributed by atoms with E-state index in [1.54, 1.807) is 24.3 Å². The van der Waals surface area contributed by atoms with Gasteiger partial charge in [0.25, 0.3) is 0 Å². The minimum atomic E-state index is -1.87. The van der Waals surface area contributed by atoms with Crippen molar-refractivity contribution < 1.29 is 9.90 Å². The van der Waals surface area contributed by atoms with Crippen molar-refractivity contribution >= 4 is 69.8 Å². The zero-order chi connectivity index (χ0) is 19.9. The molecule has 0 radical (unpaired) electrons. The third kappa shape index (κ3) is 7.27. The number of amides is 1. The fraction of sp³-hybridized carbons (Fsp3) is 0.111. The first-order chi connectivity index (χ1) is 12.8. The first kappa shape index (κ1) is 21.3. The van der Waals surface area contributed by atoms with E-state index in [-0.39, 0.29) is 10.9 Å². The minimum absolute atomic E-state index is 0.00177. The molecule has 0 saturated heterocycles. The van der Waals surface area contributed by atoms with Crippen LogP contribution in [0.15, 0.2) is 60.7 Å². The Bertz CT molecular complexity index is 826. The number of carbonyl (C=O) groups is 1. The van der Waals surface area contributed by atoms with Crippen molar-refractivity contribution in [2.75, 3.05) is 5.32 Å². The molecule has 0 fully saturated rings. The molecule has 9 heteroatoms. The topological polar surface area (TPSA) is 73.4 Å². The maximum Gasteiger partial charge on any atom is 0.245 e. The Labute approximate surface area is 177 Å². The van der Waals surface area contributed by atoms with Crippen molar-refractivity contribution in [3.8, 4) is 5.75 Å². The van der Waals surface area contributed by atoms with Crippen LogP contribution in [0.1, 0.15) is 5.56 Å². The minimum Gasteiger partial charge on any atom is -0.506 e. The van der Waals surface area contributed by atoms with Crippen LogP contribution >= 0.6 is 47.0 Å². The molecule has 2 aromatic carbocycles. The number of nitrogens with one attached hydrogen (secondary N) is 3. The highest BCUT2D eigenvalue weighted by Crippen LogP contribution is 2.29. The molecule has 0 heterocycles. The van der Waals surface area contributed by atoms with Crippen molar-refractivity contribution in [3.05, 3.63) is 66.2 Å². The van der Waals surface area contributed by atoms with Crippen LogP contribution < -0.4 is 16.0 Å². The number of aromatic hydroxyl groups is 1. The molecule has 0 saturated carbocycles. The first-order valence-electron chi connectivity index (χ1n) is 7.71. The smallest absolute Gasteiger partial charge is 0.245 e. The number of para-hydroxylation sites is 2. The van der Waals surface area contributed by atoms with Crippen LogP contribution in [0, 0.1) is 0 Å². The number of hydrogen-bond donors (Lipinski definition) is 4. The summed E-state index contributed by atoms with van der Waals surface area (Å²) in [5.74, 6) is -0.477. The normalized spacial score (nSPS) is 12.4. The number of alkyl halides is 3. The summed E-state index contributed by atoms with van der Waals surface area (Å²) in [6.07, 6.45) is 1.84. The number of anilines is 1. The maximum atomic E-state index is 12.1. The van der Waals surface area contributed by atoms with Crippen LogP contribution in [0.4, 0.5) is 5.69 Å². The Balaban J connectivity index is 2.00. The predicted octanol–water partition coefficient (Wildman–Crippen LogP) is 4.20. The number of hydrogen-bond acceptors (Lipinski definition) is 3. The summed E-state index contributed by atoms with van der Waals surface area (Å²) in [4.78, 5) is 12.1. The molecule has 4 N–H and O–H groups in total. The number of thiocarbonyl (C=S) groups is 1. The summed E-state index contributed by atoms with van der Waals surface area (Å²) < 4.78 is -1.87. The largest absolute Gasteiger partial charge is 0.506 e. The number of benzene rings is 2. The average Bonchev–Trinajstić information content (AvgIpc) is 2.61. The third-order valence-corrected chi connectivity index (χ3v) is 4.14. The maximum absolute atomic E-state index is 12.1. The van der Waals surface area contributed by atoms with E-state index in [2.05, 4.69) is 16.0 Å². The van der Waals surface area contributed by atoms with E-state index in [9.17, 15) is 9.90 Å². The molecule has 0 aliphatic rings. The van der Waals surface area contributed by atoms with Gasteiger partial charge in [-0.25, -0.2) is 0 Å². The van der Waals surface area contributed by atoms with Crippen molar-refractivity contribution in [2.45, 2.75) is 9.96 Å². The standard InChI is InChI=1S/C18H16Cl3N3O2S/c19-18(20,21)16(23-15(26)11-10-12-6-2-1-3-7-12)24-17(27)22-13-8-4-5-9-14(13)25/h1-11,16,25H,(H,23,26)(H2,22,24,27). The molecule has 0 bridgehead atoms. The molecule has 1 atom stereocenters. The molecular formula is C18H16Cl3N3O2S. The van der Waals surface area contributed by atoms with Crippen molar-refractivity contribution in [1.29, 1.82) is 0 Å². The van der Waals surface area contributed by atoms with Gasteiger partial charge in [0.15, 0.2) is 5.11 Å². The molecule has 0 aromatic heterocycles. The van der Waals surface area contributed by atoms with Gasteiger partial charge in [-0.15, -0.1) is 0 Å². The number of phenols is 1. The van der Waals surface area contributed by atoms with Crippen LogP contribution in [-0.4, -0.2) is 26.1 Å². The van der Waals surface area contributed by atoms with Crippen LogP contribution in [0.3, 0.4) is 0 Å². The molecule has 2 rings (SSSR count). The number of rotatable bonds is 5. The summed E-state index contributed by atoms with van der Waals surface area (Å²) >= 11 is 23.0. The fourth-order valence-corrected chi connectivity index (χ4v) is 2.55. The van der Waals surface area contributed by atoms with Gasteiger partial charge in [0.05, 0.1) is 5.69 Å². The van der Waals surface area contributed by atoms with Gasteiger partial charge in [0.2, 0.25) is 9.70 Å². The second-order valence-corrected chi connectivity index (χ2v) is 8.12. The summed E-state index contributed by atoms with van der Waals surface area (Å²) in [5.41, 5.74) is 1.22. The monoisotopic (exact) mass is 443 g/mol. The SMILES string of the molecule is O=C(C=Cc1ccccc1)NC(NC(=S)Nc1ccccc1O)C(Cl)(Cl)Cl. The van der Waals surface area contributed by atoms with Crippen LogP contribution in [-0.2, 0) is 4.79 Å². The summed E-state index contributed by atoms with van der Waals surface area (Å²) in [5, 5.41) is 17.8. The molecule has 27 heavy (non-hydrogen) atoms. The highest BCUT2D eigenvalue weighted by molar-refractivity contribution is 7.80. The first-order valence-corrected chi connectivity index (χ1v) is 9.26. The number of halogens is 3.